The Labute approximate surface area is 284 Å². The molecule has 0 aliphatic carbocycles. The molecule has 1 aliphatic rings. The van der Waals surface area contributed by atoms with Gasteiger partial charge in [0.1, 0.15) is 10.6 Å². The highest BCUT2D eigenvalue weighted by atomic mass is 35.5. The minimum absolute atomic E-state index is 0.0181. The zero-order valence-corrected chi connectivity index (χ0v) is 29.7. The summed E-state index contributed by atoms with van der Waals surface area (Å²) >= 11 is 7.58. The van der Waals surface area contributed by atoms with Gasteiger partial charge in [0.25, 0.3) is 0 Å². The Morgan fingerprint density at radius 2 is 1.89 bits per heavy atom. The quantitative estimate of drug-likeness (QED) is 0.161. The smallest absolute Gasteiger partial charge is 0.352 e. The van der Waals surface area contributed by atoms with Gasteiger partial charge in [-0.15, -0.1) is 11.3 Å². The highest BCUT2D eigenvalue weighted by Crippen LogP contribution is 2.47. The normalized spacial score (nSPS) is 16.8. The zero-order valence-electron chi connectivity index (χ0n) is 27.3. The van der Waals surface area contributed by atoms with Crippen molar-refractivity contribution in [1.82, 2.24) is 4.31 Å². The predicted octanol–water partition coefficient (Wildman–Crippen LogP) is 6.87. The third-order valence-electron chi connectivity index (χ3n) is 7.37. The van der Waals surface area contributed by atoms with Crippen LogP contribution in [0.3, 0.4) is 0 Å². The molecule has 1 saturated heterocycles. The van der Waals surface area contributed by atoms with Crippen LogP contribution in [-0.2, 0) is 30.0 Å². The molecule has 14 heteroatoms. The number of sulfonamides is 1. The second kappa shape index (κ2) is 14.4. The molecule has 3 aromatic rings. The van der Waals surface area contributed by atoms with E-state index in [-0.39, 0.29) is 56.7 Å². The van der Waals surface area contributed by atoms with Gasteiger partial charge in [0.05, 0.1) is 22.9 Å². The van der Waals surface area contributed by atoms with Crippen LogP contribution < -0.4 is 15.8 Å². The van der Waals surface area contributed by atoms with Gasteiger partial charge >= 0.3 is 11.9 Å². The maximum Gasteiger partial charge on any atom is 0.352 e. The fraction of sp³-hybridized carbons (Fsp3) is 0.455. The molecule has 1 fully saturated rings. The monoisotopic (exact) mass is 709 g/mol. The van der Waals surface area contributed by atoms with Crippen LogP contribution in [0.4, 0.5) is 15.8 Å². The molecule has 0 bridgehead atoms. The Morgan fingerprint density at radius 1 is 1.19 bits per heavy atom. The Balaban J connectivity index is 1.57. The van der Waals surface area contributed by atoms with Crippen LogP contribution in [0.2, 0.25) is 5.02 Å². The molecule has 0 unspecified atom stereocenters. The summed E-state index contributed by atoms with van der Waals surface area (Å²) in [5.41, 5.74) is 5.67. The van der Waals surface area contributed by atoms with Gasteiger partial charge in [-0.25, -0.2) is 22.4 Å². The van der Waals surface area contributed by atoms with E-state index in [2.05, 4.69) is 5.32 Å². The van der Waals surface area contributed by atoms with Gasteiger partial charge < -0.3 is 25.3 Å². The molecule has 10 nitrogen and oxygen atoms in total. The number of carbonyl (C=O) groups excluding carboxylic acids is 2. The van der Waals surface area contributed by atoms with Crippen molar-refractivity contribution in [3.63, 3.8) is 0 Å². The van der Waals surface area contributed by atoms with E-state index in [1.165, 1.54) is 10.4 Å². The van der Waals surface area contributed by atoms with E-state index in [0.29, 0.717) is 24.1 Å². The van der Waals surface area contributed by atoms with Crippen molar-refractivity contribution in [2.75, 3.05) is 30.8 Å². The molecule has 2 aromatic carbocycles. The molecule has 0 amide bonds. The van der Waals surface area contributed by atoms with Crippen LogP contribution >= 0.6 is 22.9 Å². The average Bonchev–Trinajstić information content (AvgIpc) is 3.27. The largest absolute Gasteiger partial charge is 0.479 e. The Morgan fingerprint density at radius 3 is 2.53 bits per heavy atom. The Hall–Kier alpha value is -3.39. The molecular formula is C33H41ClFN3O7S2. The van der Waals surface area contributed by atoms with Gasteiger partial charge in [0.15, 0.2) is 23.1 Å². The summed E-state index contributed by atoms with van der Waals surface area (Å²) in [6.45, 7) is 10.3. The van der Waals surface area contributed by atoms with Crippen molar-refractivity contribution < 1.29 is 36.6 Å². The lowest BCUT2D eigenvalue weighted by molar-refractivity contribution is -0.145. The van der Waals surface area contributed by atoms with Crippen molar-refractivity contribution in [1.29, 1.82) is 0 Å². The number of thiophene rings is 1. The molecular weight excluding hydrogens is 669 g/mol. The summed E-state index contributed by atoms with van der Waals surface area (Å²) in [4.78, 5) is 25.3. The van der Waals surface area contributed by atoms with Crippen LogP contribution in [0.15, 0.2) is 42.5 Å². The third-order valence-corrected chi connectivity index (χ3v) is 11.1. The number of benzene rings is 2. The van der Waals surface area contributed by atoms with Gasteiger partial charge in [0, 0.05) is 29.4 Å². The maximum atomic E-state index is 16.2. The Bertz CT molecular complexity index is 1740. The molecule has 1 aliphatic heterocycles. The lowest BCUT2D eigenvalue weighted by Crippen LogP contribution is -2.55. The number of piperidine rings is 1. The van der Waals surface area contributed by atoms with Crippen LogP contribution in [-0.4, -0.2) is 61.6 Å². The third kappa shape index (κ3) is 8.95. The summed E-state index contributed by atoms with van der Waals surface area (Å²) in [5, 5.41) is 3.21. The number of halogens is 2. The molecule has 2 heterocycles. The van der Waals surface area contributed by atoms with Crippen molar-refractivity contribution in [3.8, 4) is 16.2 Å². The maximum absolute atomic E-state index is 16.2. The number of rotatable bonds is 11. The first-order chi connectivity index (χ1) is 21.9. The van der Waals surface area contributed by atoms with E-state index in [1.54, 1.807) is 64.1 Å². The second-order valence-electron chi connectivity index (χ2n) is 12.9. The number of hydrogen-bond acceptors (Lipinski definition) is 10. The number of carbonyl (C=O) groups is 2. The SMILES string of the molecule is CCOC(=O)COc1c(C(=O)OC(C)(C)C)sc(-c2cccc(N[C@H]3CCN(S(=O)(=O)Cc4cccc(N)c4)C(C)(C)C3)c2F)c1Cl. The van der Waals surface area contributed by atoms with Crippen molar-refractivity contribution in [3.05, 3.63) is 63.7 Å². The molecule has 4 rings (SSSR count). The number of anilines is 2. The Kier molecular flexibility index (Phi) is 11.2. The number of nitrogens with two attached hydrogens (primary N) is 1. The minimum atomic E-state index is -3.66. The van der Waals surface area contributed by atoms with E-state index < -0.39 is 45.5 Å². The summed E-state index contributed by atoms with van der Waals surface area (Å²) < 4.78 is 60.6. The number of nitrogen functional groups attached to an aromatic ring is 1. The summed E-state index contributed by atoms with van der Waals surface area (Å²) in [6.07, 6.45) is 0.860. The summed E-state index contributed by atoms with van der Waals surface area (Å²) in [6, 6.07) is 11.3. The van der Waals surface area contributed by atoms with E-state index in [0.717, 1.165) is 11.3 Å². The number of nitrogens with zero attached hydrogens (tertiary/aromatic N) is 1. The van der Waals surface area contributed by atoms with Gasteiger partial charge in [-0.1, -0.05) is 35.9 Å². The highest BCUT2D eigenvalue weighted by molar-refractivity contribution is 7.88. The molecule has 256 valence electrons. The van der Waals surface area contributed by atoms with Gasteiger partial charge in [-0.3, -0.25) is 0 Å². The van der Waals surface area contributed by atoms with Crippen LogP contribution in [0.25, 0.3) is 10.4 Å². The molecule has 47 heavy (non-hydrogen) atoms. The van der Waals surface area contributed by atoms with E-state index in [4.69, 9.17) is 31.5 Å². The van der Waals surface area contributed by atoms with Gasteiger partial charge in [-0.2, -0.15) is 4.31 Å². The van der Waals surface area contributed by atoms with E-state index >= 15 is 4.39 Å². The summed E-state index contributed by atoms with van der Waals surface area (Å²) in [7, 11) is -3.66. The molecule has 3 N–H and O–H groups in total. The zero-order chi connectivity index (χ0) is 34.7. The molecule has 0 spiro atoms. The number of nitrogens with one attached hydrogen (secondary N) is 1. The highest BCUT2D eigenvalue weighted by Gasteiger charge is 2.42. The van der Waals surface area contributed by atoms with E-state index in [1.807, 2.05) is 13.8 Å². The first kappa shape index (κ1) is 36.4. The molecule has 1 aromatic heterocycles. The summed E-state index contributed by atoms with van der Waals surface area (Å²) in [5.74, 6) is -2.27. The van der Waals surface area contributed by atoms with Gasteiger partial charge in [0.2, 0.25) is 10.0 Å². The molecule has 0 saturated carbocycles. The second-order valence-corrected chi connectivity index (χ2v) is 16.2. The topological polar surface area (TPSA) is 137 Å². The molecule has 0 radical (unpaired) electrons. The average molecular weight is 710 g/mol. The van der Waals surface area contributed by atoms with Crippen molar-refractivity contribution >= 4 is 56.3 Å². The number of esters is 2. The fourth-order valence-corrected chi connectivity index (χ4v) is 8.95. The van der Waals surface area contributed by atoms with Crippen LogP contribution in [0, 0.1) is 5.82 Å². The molecule has 1 atom stereocenters. The fourth-order valence-electron chi connectivity index (χ4n) is 5.52. The number of hydrogen-bond donors (Lipinski definition) is 2. The first-order valence-corrected chi connectivity index (χ1v) is 18.0. The van der Waals surface area contributed by atoms with Crippen LogP contribution in [0.5, 0.6) is 5.75 Å². The standard InChI is InChI=1S/C33H41ClFN3O7S2/c1-7-43-25(39)18-44-28-26(34)29(46-30(28)31(40)45-32(2,3)4)23-12-9-13-24(27(23)35)37-22-14-15-38(33(5,6)17-22)47(41,42)19-20-10-8-11-21(36)16-20/h8-13,16,22,37H,7,14-15,17-19,36H2,1-6H3/t22-/m0/s1. The number of ether oxygens (including phenoxy) is 3. The lowest BCUT2D eigenvalue weighted by Gasteiger charge is -2.45. The van der Waals surface area contributed by atoms with Gasteiger partial charge in [-0.05, 0) is 78.1 Å². The van der Waals surface area contributed by atoms with Crippen molar-refractivity contribution in [2.24, 2.45) is 0 Å². The predicted molar refractivity (Wildman–Crippen MR) is 183 cm³/mol. The first-order valence-electron chi connectivity index (χ1n) is 15.2. The van der Waals surface area contributed by atoms with Crippen LogP contribution in [0.1, 0.15) is 69.6 Å². The van der Waals surface area contributed by atoms with E-state index in [9.17, 15) is 18.0 Å². The minimum Gasteiger partial charge on any atom is -0.479 e. The lowest BCUT2D eigenvalue weighted by atomic mass is 9.89. The van der Waals surface area contributed by atoms with Crippen molar-refractivity contribution in [2.45, 2.75) is 77.3 Å².